The van der Waals surface area contributed by atoms with Crippen molar-refractivity contribution in [1.82, 2.24) is 5.32 Å². The highest BCUT2D eigenvalue weighted by molar-refractivity contribution is 6.53. The van der Waals surface area contributed by atoms with Crippen LogP contribution in [0, 0.1) is 17.6 Å². The molecule has 14 heteroatoms. The molecule has 4 N–H and O–H groups in total. The van der Waals surface area contributed by atoms with Crippen LogP contribution in [0.4, 0.5) is 25.8 Å². The largest absolute Gasteiger partial charge is 0.326 e. The molecular weight excluding hydrogens is 656 g/mol. The lowest BCUT2D eigenvalue weighted by molar-refractivity contribution is -0.118. The molecule has 0 aromatic heterocycles. The third-order valence-electron chi connectivity index (χ3n) is 7.08. The molecule has 1 saturated carbocycles. The van der Waals surface area contributed by atoms with Gasteiger partial charge in [-0.3, -0.25) is 14.4 Å². The minimum atomic E-state index is -1.41. The van der Waals surface area contributed by atoms with Crippen molar-refractivity contribution in [2.75, 3.05) is 22.5 Å². The first-order valence-electron chi connectivity index (χ1n) is 12.6. The molecule has 5 rings (SSSR count). The highest BCUT2D eigenvalue weighted by Crippen LogP contribution is 2.65. The summed E-state index contributed by atoms with van der Waals surface area (Å²) in [5.41, 5.74) is -0.376. The van der Waals surface area contributed by atoms with E-state index in [0.29, 0.717) is 23.6 Å². The molecule has 3 amide bonds. The number of carbonyl (C=O) groups is 3. The molecule has 0 radical (unpaired) electrons. The van der Waals surface area contributed by atoms with Gasteiger partial charge in [0.1, 0.15) is 15.8 Å². The topological polar surface area (TPSA) is 99.3 Å². The Morgan fingerprint density at radius 2 is 1.62 bits per heavy atom. The zero-order chi connectivity index (χ0) is 30.3. The fraction of sp³-hybridized carbons (Fsp3) is 0.250. The number of hydrogen-bond acceptors (Lipinski definition) is 4. The van der Waals surface area contributed by atoms with Crippen LogP contribution in [0.2, 0.25) is 15.1 Å². The minimum absolute atomic E-state index is 0. The van der Waals surface area contributed by atoms with Crippen molar-refractivity contribution < 1.29 is 28.9 Å². The SMILES string of the molecule is O=C(Nc1ccc(F)c(NC(=O)[C@@H]2CCCN2)c1F)c1cc(NC(=O)[C@H]2[C@H](c3ccc(Cl)c(Cl)c3)C2(Cl)Cl)ccc1Cl.[HH].[HH].[HH].[HH]. The molecule has 1 saturated heterocycles. The van der Waals surface area contributed by atoms with Crippen LogP contribution in [-0.2, 0) is 9.59 Å². The van der Waals surface area contributed by atoms with Gasteiger partial charge in [-0.1, -0.05) is 40.9 Å². The van der Waals surface area contributed by atoms with E-state index in [9.17, 15) is 18.8 Å². The lowest BCUT2D eigenvalue weighted by Crippen LogP contribution is -2.36. The van der Waals surface area contributed by atoms with E-state index >= 15 is 4.39 Å². The molecule has 3 aromatic carbocycles. The molecule has 1 aliphatic carbocycles. The number of alkyl halides is 2. The van der Waals surface area contributed by atoms with Crippen LogP contribution in [0.25, 0.3) is 0 Å². The Labute approximate surface area is 270 Å². The fourth-order valence-corrected chi connectivity index (χ4v) is 6.18. The van der Waals surface area contributed by atoms with Crippen LogP contribution in [0.15, 0.2) is 48.5 Å². The molecule has 1 aliphatic heterocycles. The summed E-state index contributed by atoms with van der Waals surface area (Å²) in [7, 11) is 0. The van der Waals surface area contributed by atoms with Gasteiger partial charge in [-0.25, -0.2) is 8.78 Å². The summed E-state index contributed by atoms with van der Waals surface area (Å²) in [6.45, 7) is 0.622. The van der Waals surface area contributed by atoms with Gasteiger partial charge in [0.15, 0.2) is 5.82 Å². The van der Waals surface area contributed by atoms with Crippen LogP contribution in [0.5, 0.6) is 0 Å². The molecule has 2 fully saturated rings. The zero-order valence-corrected chi connectivity index (χ0v) is 25.1. The number of anilines is 3. The van der Waals surface area contributed by atoms with Gasteiger partial charge in [0.05, 0.1) is 38.3 Å². The molecule has 0 spiro atoms. The number of halogens is 7. The Morgan fingerprint density at radius 1 is 0.881 bits per heavy atom. The Kier molecular flexibility index (Phi) is 8.90. The average molecular weight is 685 g/mol. The highest BCUT2D eigenvalue weighted by Gasteiger charge is 2.67. The average Bonchev–Trinajstić information content (AvgIpc) is 3.25. The fourth-order valence-electron chi connectivity index (χ4n) is 4.84. The van der Waals surface area contributed by atoms with Crippen molar-refractivity contribution in [3.63, 3.8) is 0 Å². The smallest absolute Gasteiger partial charge is 0.257 e. The van der Waals surface area contributed by atoms with Gasteiger partial charge in [-0.05, 0) is 67.4 Å². The minimum Gasteiger partial charge on any atom is -0.326 e. The molecule has 0 bridgehead atoms. The monoisotopic (exact) mass is 682 g/mol. The van der Waals surface area contributed by atoms with Crippen LogP contribution in [0.3, 0.4) is 0 Å². The summed E-state index contributed by atoms with van der Waals surface area (Å²) in [5.74, 6) is -5.53. The van der Waals surface area contributed by atoms with Gasteiger partial charge >= 0.3 is 0 Å². The van der Waals surface area contributed by atoms with E-state index in [1.54, 1.807) is 18.2 Å². The van der Waals surface area contributed by atoms with Gasteiger partial charge < -0.3 is 21.3 Å². The molecule has 42 heavy (non-hydrogen) atoms. The number of rotatable bonds is 7. The molecule has 7 nitrogen and oxygen atoms in total. The Balaban J connectivity index is 0.00000264. The second-order valence-electron chi connectivity index (χ2n) is 9.86. The molecule has 3 aromatic rings. The van der Waals surface area contributed by atoms with E-state index in [0.717, 1.165) is 18.6 Å². The van der Waals surface area contributed by atoms with Crippen LogP contribution in [-0.4, -0.2) is 34.6 Å². The second kappa shape index (κ2) is 12.1. The highest BCUT2D eigenvalue weighted by atomic mass is 35.5. The Morgan fingerprint density at radius 3 is 2.31 bits per heavy atom. The van der Waals surface area contributed by atoms with E-state index in [-0.39, 0.29) is 27.0 Å². The summed E-state index contributed by atoms with van der Waals surface area (Å²) in [6.07, 6.45) is 1.29. The Hall–Kier alpha value is -2.66. The summed E-state index contributed by atoms with van der Waals surface area (Å²) in [6, 6.07) is 10.3. The number of benzene rings is 3. The first-order valence-corrected chi connectivity index (χ1v) is 14.5. The maximum atomic E-state index is 15.2. The lowest BCUT2D eigenvalue weighted by atomic mass is 10.1. The van der Waals surface area contributed by atoms with E-state index < -0.39 is 62.9 Å². The summed E-state index contributed by atoms with van der Waals surface area (Å²) < 4.78 is 28.2. The van der Waals surface area contributed by atoms with Gasteiger partial charge in [-0.15, -0.1) is 23.2 Å². The number of hydrogen-bond donors (Lipinski definition) is 4. The van der Waals surface area contributed by atoms with Gasteiger partial charge in [0.25, 0.3) is 5.91 Å². The first-order chi connectivity index (χ1) is 19.9. The van der Waals surface area contributed by atoms with Gasteiger partial charge in [0, 0.05) is 17.3 Å². The van der Waals surface area contributed by atoms with Crippen molar-refractivity contribution in [2.45, 2.75) is 29.1 Å². The quantitative estimate of drug-likeness (QED) is 0.188. The standard InChI is InChI=1S/C28H21Cl5F2N4O3.4H2/c29-15-6-4-13(37-27(42)22-21(28(22,32)33)12-3-5-16(30)17(31)10-12)11-14(15)25(40)38-19-8-7-18(34)24(23(19)35)39-26(41)20-2-1-9-36-20;;;;/h3-8,10-11,20-22,36H,1-2,9H2,(H,37,42)(H,38,40)(H,39,41);4*1H/t20-,21-,22+;;;;/m0..../s1. The maximum absolute atomic E-state index is 15.2. The number of carbonyl (C=O) groups excluding carboxylic acids is 3. The Bertz CT molecular complexity index is 1620. The third kappa shape index (κ3) is 6.18. The predicted molar refractivity (Wildman–Crippen MR) is 170 cm³/mol. The van der Waals surface area contributed by atoms with Crippen molar-refractivity contribution in [3.8, 4) is 0 Å². The summed E-state index contributed by atoms with van der Waals surface area (Å²) in [4.78, 5) is 38.5. The summed E-state index contributed by atoms with van der Waals surface area (Å²) in [5, 5.41) is 10.8. The van der Waals surface area contributed by atoms with E-state index in [1.165, 1.54) is 18.2 Å². The molecule has 0 unspecified atom stereocenters. The van der Waals surface area contributed by atoms with E-state index in [2.05, 4.69) is 21.3 Å². The molecule has 2 aliphatic rings. The maximum Gasteiger partial charge on any atom is 0.257 e. The van der Waals surface area contributed by atoms with E-state index in [1.807, 2.05) is 0 Å². The molecule has 1 heterocycles. The van der Waals surface area contributed by atoms with Crippen molar-refractivity contribution >= 4 is 92.8 Å². The second-order valence-corrected chi connectivity index (χ2v) is 12.5. The lowest BCUT2D eigenvalue weighted by Gasteiger charge is -2.15. The van der Waals surface area contributed by atoms with Crippen molar-refractivity contribution in [1.29, 1.82) is 0 Å². The first kappa shape index (κ1) is 30.8. The molecule has 3 atom stereocenters. The van der Waals surface area contributed by atoms with Crippen LogP contribution < -0.4 is 21.3 Å². The third-order valence-corrected chi connectivity index (χ3v) is 9.09. The number of nitrogens with one attached hydrogen (secondary N) is 4. The van der Waals surface area contributed by atoms with Gasteiger partial charge in [0.2, 0.25) is 11.8 Å². The molecule has 228 valence electrons. The normalized spacial score (nSPS) is 20.6. The zero-order valence-electron chi connectivity index (χ0n) is 21.3. The molecular formula is C28H29Cl5F2N4O3. The van der Waals surface area contributed by atoms with Crippen LogP contribution >= 0.6 is 58.0 Å². The van der Waals surface area contributed by atoms with Crippen molar-refractivity contribution in [3.05, 3.63) is 86.4 Å². The van der Waals surface area contributed by atoms with E-state index in [4.69, 9.17) is 58.0 Å². The predicted octanol–water partition coefficient (Wildman–Crippen LogP) is 8.38. The van der Waals surface area contributed by atoms with Crippen LogP contribution in [0.1, 0.15) is 40.4 Å². The number of amides is 3. The van der Waals surface area contributed by atoms with Crippen molar-refractivity contribution in [2.24, 2.45) is 5.92 Å². The van der Waals surface area contributed by atoms with Gasteiger partial charge in [-0.2, -0.15) is 0 Å². The summed E-state index contributed by atoms with van der Waals surface area (Å²) >= 11 is 31.1.